The largest absolute Gasteiger partial charge is 0.344 e. The van der Waals surface area contributed by atoms with E-state index >= 15 is 0 Å². The summed E-state index contributed by atoms with van der Waals surface area (Å²) in [5.74, 6) is 0. The van der Waals surface area contributed by atoms with Crippen molar-refractivity contribution in [3.8, 4) is 0 Å². The molecule has 0 spiro atoms. The molecule has 2 aromatic carbocycles. The topological polar surface area (TPSA) is 60.8 Å². The van der Waals surface area contributed by atoms with Crippen molar-refractivity contribution in [1.29, 1.82) is 0 Å². The molecule has 0 bridgehead atoms. The minimum Gasteiger partial charge on any atom is -0.344 e. The van der Waals surface area contributed by atoms with Crippen molar-refractivity contribution in [2.24, 2.45) is 0 Å². The van der Waals surface area contributed by atoms with Crippen molar-refractivity contribution in [3.05, 3.63) is 78.1 Å². The zero-order valence-corrected chi connectivity index (χ0v) is 16.6. The van der Waals surface area contributed by atoms with E-state index in [0.29, 0.717) is 0 Å². The third-order valence-electron chi connectivity index (χ3n) is 4.07. The van der Waals surface area contributed by atoms with Gasteiger partial charge >= 0.3 is 147 Å². The van der Waals surface area contributed by atoms with Crippen LogP contribution >= 0.6 is 12.4 Å². The van der Waals surface area contributed by atoms with Crippen molar-refractivity contribution >= 4 is 43.1 Å². The number of pyridine rings is 2. The number of hydrogen-bond acceptors (Lipinski definition) is 3. The fourth-order valence-corrected chi connectivity index (χ4v) is 4.00. The molecular weight excluding hydrogens is 386 g/mol. The minimum atomic E-state index is 0. The molecule has 4 aromatic rings. The fraction of sp³-hybridized carbons (Fsp3) is 0.0952. The van der Waals surface area contributed by atoms with E-state index in [-0.39, 0.29) is 18.6 Å². The van der Waals surface area contributed by atoms with Gasteiger partial charge in [0.05, 0.1) is 0 Å². The van der Waals surface area contributed by atoms with E-state index in [4.69, 9.17) is 4.98 Å². The third kappa shape index (κ3) is 3.84. The Balaban J connectivity index is 0.00000121. The first-order valence-electron chi connectivity index (χ1n) is 7.89. The number of aryl methyl sites for hydroxylation is 1. The Labute approximate surface area is 165 Å². The standard InChI is InChI=1S/C14H10N2.C7H7.ClH.Fe.H3N/c1-2-12-8-7-11-6-5-10-4-3-9-15-13(10)14(11)16-12;1-7-5-3-2-4-6-7;;;/h3-9H,1H3;2-5H,1H3;1H;;1H3. The summed E-state index contributed by atoms with van der Waals surface area (Å²) in [7, 11) is 0. The predicted molar refractivity (Wildman–Crippen MR) is 110 cm³/mol. The molecule has 0 aliphatic carbocycles. The van der Waals surface area contributed by atoms with Crippen LogP contribution in [-0.2, 0) is 14.5 Å². The van der Waals surface area contributed by atoms with Gasteiger partial charge in [0.2, 0.25) is 0 Å². The normalized spacial score (nSPS) is 11.4. The van der Waals surface area contributed by atoms with E-state index in [1.54, 1.807) is 0 Å². The molecular formula is C21H21ClFeN3. The summed E-state index contributed by atoms with van der Waals surface area (Å²) in [6.45, 7) is 4.33. The molecule has 0 radical (unpaired) electrons. The van der Waals surface area contributed by atoms with E-state index in [1.165, 1.54) is 14.4 Å². The van der Waals surface area contributed by atoms with Crippen molar-refractivity contribution in [2.45, 2.75) is 13.8 Å². The molecule has 0 amide bonds. The minimum absolute atomic E-state index is 0. The molecule has 0 atom stereocenters. The van der Waals surface area contributed by atoms with Gasteiger partial charge in [0.25, 0.3) is 0 Å². The number of fused-ring (bicyclic) bond motifs is 3. The van der Waals surface area contributed by atoms with Crippen LogP contribution in [0.3, 0.4) is 0 Å². The summed E-state index contributed by atoms with van der Waals surface area (Å²) in [6, 6.07) is 21.1. The van der Waals surface area contributed by atoms with Gasteiger partial charge in [-0.2, -0.15) is 0 Å². The van der Waals surface area contributed by atoms with E-state index in [0.717, 1.165) is 42.0 Å². The van der Waals surface area contributed by atoms with Gasteiger partial charge in [-0.3, -0.25) is 0 Å². The van der Waals surface area contributed by atoms with Crippen LogP contribution in [0, 0.1) is 6.92 Å². The Morgan fingerprint density at radius 1 is 0.846 bits per heavy atom. The maximum atomic E-state index is 4.93. The molecule has 3 nitrogen and oxygen atoms in total. The smallest absolute Gasteiger partial charge is 0.147 e. The molecule has 0 saturated carbocycles. The molecule has 0 fully saturated rings. The number of hydrogen-bond donors (Lipinski definition) is 1. The average Bonchev–Trinajstić information content (AvgIpc) is 2.63. The molecule has 26 heavy (non-hydrogen) atoms. The van der Waals surface area contributed by atoms with Gasteiger partial charge in [-0.25, -0.2) is 0 Å². The molecule has 0 aliphatic heterocycles. The first-order valence-corrected chi connectivity index (χ1v) is 8.99. The maximum Gasteiger partial charge on any atom is -0.147 e. The van der Waals surface area contributed by atoms with Crippen molar-refractivity contribution in [1.82, 2.24) is 16.1 Å². The molecule has 135 valence electrons. The second-order valence-corrected chi connectivity index (χ2v) is 7.45. The van der Waals surface area contributed by atoms with E-state index in [9.17, 15) is 0 Å². The second kappa shape index (κ2) is 8.52. The first-order chi connectivity index (χ1) is 11.7. The average molecular weight is 407 g/mol. The summed E-state index contributed by atoms with van der Waals surface area (Å²) in [5.41, 5.74) is 4.32. The molecule has 3 N–H and O–H groups in total. The van der Waals surface area contributed by atoms with Crippen molar-refractivity contribution < 1.29 is 14.5 Å². The molecule has 0 saturated heterocycles. The molecule has 2 heterocycles. The maximum absolute atomic E-state index is 4.93. The number of aromatic nitrogens is 2. The van der Waals surface area contributed by atoms with Gasteiger partial charge in [0, 0.05) is 0 Å². The van der Waals surface area contributed by atoms with Crippen LogP contribution < -0.4 is 10.6 Å². The predicted octanol–water partition coefficient (Wildman–Crippen LogP) is 4.62. The zero-order valence-electron chi connectivity index (χ0n) is 14.7. The zero-order chi connectivity index (χ0) is 16.5. The first kappa shape index (κ1) is 20.2. The molecule has 0 unspecified atom stereocenters. The van der Waals surface area contributed by atoms with E-state index in [2.05, 4.69) is 73.4 Å². The van der Waals surface area contributed by atoms with Crippen molar-refractivity contribution in [2.75, 3.05) is 0 Å². The molecule has 2 aromatic heterocycles. The Bertz CT molecular complexity index is 1090. The molecule has 5 heteroatoms. The Hall–Kier alpha value is -2.10. The summed E-state index contributed by atoms with van der Waals surface area (Å²) in [6.07, 6.45) is 1.83. The quantitative estimate of drug-likeness (QED) is 0.390. The van der Waals surface area contributed by atoms with Gasteiger partial charge in [0.15, 0.2) is 0 Å². The molecule has 0 aliphatic rings. The molecule has 4 rings (SSSR count). The summed E-state index contributed by atoms with van der Waals surface area (Å²) >= 11 is 0.920. The number of halogens is 1. The number of nitrogens with zero attached hydrogens (tertiary/aromatic N) is 2. The van der Waals surface area contributed by atoms with Crippen LogP contribution in [0.1, 0.15) is 18.2 Å². The number of benzene rings is 2. The third-order valence-corrected chi connectivity index (χ3v) is 5.68. The Morgan fingerprint density at radius 3 is 2.31 bits per heavy atom. The fourth-order valence-electron chi connectivity index (χ4n) is 2.75. The Morgan fingerprint density at radius 2 is 1.54 bits per heavy atom. The Kier molecular flexibility index (Phi) is 6.63. The van der Waals surface area contributed by atoms with E-state index in [1.807, 2.05) is 12.3 Å². The van der Waals surface area contributed by atoms with Gasteiger partial charge < -0.3 is 6.15 Å². The van der Waals surface area contributed by atoms with Crippen LogP contribution in [0.25, 0.3) is 21.8 Å². The van der Waals surface area contributed by atoms with Crippen LogP contribution in [-0.4, -0.2) is 14.4 Å². The van der Waals surface area contributed by atoms with Crippen LogP contribution in [0.5, 0.6) is 0 Å². The van der Waals surface area contributed by atoms with Gasteiger partial charge in [-0.15, -0.1) is 12.4 Å². The van der Waals surface area contributed by atoms with Crippen molar-refractivity contribution in [3.63, 3.8) is 0 Å². The summed E-state index contributed by atoms with van der Waals surface area (Å²) < 4.78 is 2.63. The SMILES string of the molecule is C/[C](=[Fe]\[c]1ccccc1C)c1ccc2ccc3cccnc3c2n1.Cl.N. The van der Waals surface area contributed by atoms with Gasteiger partial charge in [-0.05, 0) is 0 Å². The summed E-state index contributed by atoms with van der Waals surface area (Å²) in [5, 5.41) is 2.26. The summed E-state index contributed by atoms with van der Waals surface area (Å²) in [4.78, 5) is 9.47. The van der Waals surface area contributed by atoms with Crippen LogP contribution in [0.4, 0.5) is 0 Å². The van der Waals surface area contributed by atoms with Gasteiger partial charge in [0.1, 0.15) is 0 Å². The van der Waals surface area contributed by atoms with Crippen LogP contribution in [0.15, 0.2) is 66.9 Å². The van der Waals surface area contributed by atoms with Gasteiger partial charge in [-0.1, -0.05) is 0 Å². The van der Waals surface area contributed by atoms with E-state index < -0.39 is 0 Å². The second-order valence-electron chi connectivity index (χ2n) is 5.75. The van der Waals surface area contributed by atoms with Crippen LogP contribution in [0.2, 0.25) is 0 Å². The monoisotopic (exact) mass is 406 g/mol. The number of rotatable bonds is 2.